The SMILES string of the molecule is OC1(c2cn[nH]n2)CCN(Cc2cncc(Br)c2)C1. The van der Waals surface area contributed by atoms with E-state index in [0.29, 0.717) is 18.7 Å². The van der Waals surface area contributed by atoms with Gasteiger partial charge in [0, 0.05) is 36.5 Å². The van der Waals surface area contributed by atoms with Crippen LogP contribution in [0.2, 0.25) is 0 Å². The van der Waals surface area contributed by atoms with Crippen molar-refractivity contribution in [3.8, 4) is 0 Å². The fourth-order valence-corrected chi connectivity index (χ4v) is 2.85. The smallest absolute Gasteiger partial charge is 0.124 e. The number of aromatic amines is 1. The normalized spacial score (nSPS) is 23.9. The molecule has 2 N–H and O–H groups in total. The molecule has 1 fully saturated rings. The molecule has 7 heteroatoms. The lowest BCUT2D eigenvalue weighted by atomic mass is 10.00. The lowest BCUT2D eigenvalue weighted by Gasteiger charge is -2.21. The van der Waals surface area contributed by atoms with E-state index >= 15 is 0 Å². The standard InChI is InChI=1S/C12H14BrN5O/c13-10-3-9(4-14-5-10)7-18-2-1-12(19,8-18)11-6-15-17-16-11/h3-6,19H,1-2,7-8H2,(H,15,16,17). The van der Waals surface area contributed by atoms with Gasteiger partial charge in [0.2, 0.25) is 0 Å². The first kappa shape index (κ1) is 12.7. The molecule has 1 unspecified atom stereocenters. The summed E-state index contributed by atoms with van der Waals surface area (Å²) < 4.78 is 0.968. The van der Waals surface area contributed by atoms with E-state index in [1.54, 1.807) is 12.4 Å². The summed E-state index contributed by atoms with van der Waals surface area (Å²) >= 11 is 3.41. The molecule has 0 bridgehead atoms. The van der Waals surface area contributed by atoms with Crippen LogP contribution < -0.4 is 0 Å². The molecule has 2 aromatic rings. The highest BCUT2D eigenvalue weighted by Gasteiger charge is 2.39. The molecule has 100 valence electrons. The molecule has 0 saturated carbocycles. The highest BCUT2D eigenvalue weighted by molar-refractivity contribution is 9.10. The van der Waals surface area contributed by atoms with E-state index in [1.807, 2.05) is 12.3 Å². The summed E-state index contributed by atoms with van der Waals surface area (Å²) in [6.45, 7) is 2.16. The molecule has 1 aliphatic rings. The third-order valence-corrected chi connectivity index (χ3v) is 3.82. The number of nitrogens with zero attached hydrogens (tertiary/aromatic N) is 4. The fourth-order valence-electron chi connectivity index (χ4n) is 2.44. The van der Waals surface area contributed by atoms with Crippen LogP contribution in [0.1, 0.15) is 17.7 Å². The second-order valence-electron chi connectivity index (χ2n) is 4.86. The maximum atomic E-state index is 10.6. The van der Waals surface area contributed by atoms with Crippen LogP contribution in [0.15, 0.2) is 29.1 Å². The van der Waals surface area contributed by atoms with Crippen LogP contribution in [-0.2, 0) is 12.1 Å². The predicted molar refractivity (Wildman–Crippen MR) is 72.1 cm³/mol. The number of β-amino-alcohol motifs (C(OH)–C–C–N with tert-alkyl or cyclic N) is 1. The summed E-state index contributed by atoms with van der Waals surface area (Å²) in [5.74, 6) is 0. The van der Waals surface area contributed by atoms with Crippen molar-refractivity contribution in [1.82, 2.24) is 25.3 Å². The van der Waals surface area contributed by atoms with Gasteiger partial charge >= 0.3 is 0 Å². The number of pyridine rings is 1. The first-order valence-corrected chi connectivity index (χ1v) is 6.85. The van der Waals surface area contributed by atoms with Gasteiger partial charge in [-0.1, -0.05) is 0 Å². The van der Waals surface area contributed by atoms with E-state index in [0.717, 1.165) is 23.1 Å². The Morgan fingerprint density at radius 3 is 3.05 bits per heavy atom. The largest absolute Gasteiger partial charge is 0.382 e. The molecule has 1 saturated heterocycles. The van der Waals surface area contributed by atoms with Crippen LogP contribution in [0, 0.1) is 0 Å². The number of halogens is 1. The van der Waals surface area contributed by atoms with E-state index in [9.17, 15) is 5.11 Å². The average molecular weight is 324 g/mol. The van der Waals surface area contributed by atoms with Gasteiger partial charge in [-0.25, -0.2) is 0 Å². The van der Waals surface area contributed by atoms with Crippen LogP contribution >= 0.6 is 15.9 Å². The Labute approximate surface area is 119 Å². The summed E-state index contributed by atoms with van der Waals surface area (Å²) in [6, 6.07) is 2.04. The van der Waals surface area contributed by atoms with Crippen molar-refractivity contribution in [2.75, 3.05) is 13.1 Å². The maximum absolute atomic E-state index is 10.6. The summed E-state index contributed by atoms with van der Waals surface area (Å²) in [7, 11) is 0. The first-order valence-electron chi connectivity index (χ1n) is 6.06. The van der Waals surface area contributed by atoms with E-state index < -0.39 is 5.60 Å². The maximum Gasteiger partial charge on any atom is 0.124 e. The van der Waals surface area contributed by atoms with Gasteiger partial charge in [-0.05, 0) is 34.0 Å². The summed E-state index contributed by atoms with van der Waals surface area (Å²) in [5, 5.41) is 20.9. The van der Waals surface area contributed by atoms with Gasteiger partial charge in [-0.15, -0.1) is 0 Å². The topological polar surface area (TPSA) is 77.9 Å². The minimum absolute atomic E-state index is 0.562. The average Bonchev–Trinajstić information content (AvgIpc) is 3.00. The molecule has 3 rings (SSSR count). The molecule has 2 aromatic heterocycles. The molecule has 0 aliphatic carbocycles. The zero-order valence-corrected chi connectivity index (χ0v) is 11.8. The van der Waals surface area contributed by atoms with Crippen LogP contribution in [0.5, 0.6) is 0 Å². The van der Waals surface area contributed by atoms with Crippen LogP contribution in [0.3, 0.4) is 0 Å². The van der Waals surface area contributed by atoms with E-state index in [-0.39, 0.29) is 0 Å². The molecule has 1 atom stereocenters. The first-order chi connectivity index (χ1) is 9.16. The Balaban J connectivity index is 1.69. The third-order valence-electron chi connectivity index (χ3n) is 3.39. The zero-order valence-electron chi connectivity index (χ0n) is 10.3. The van der Waals surface area contributed by atoms with Crippen molar-refractivity contribution in [3.63, 3.8) is 0 Å². The number of aliphatic hydroxyl groups is 1. The summed E-state index contributed by atoms with van der Waals surface area (Å²) in [6.07, 6.45) is 5.86. The van der Waals surface area contributed by atoms with Crippen molar-refractivity contribution in [3.05, 3.63) is 40.4 Å². The second kappa shape index (κ2) is 4.99. The molecule has 3 heterocycles. The molecular formula is C12H14BrN5O. The Morgan fingerprint density at radius 2 is 2.32 bits per heavy atom. The minimum atomic E-state index is -0.896. The van der Waals surface area contributed by atoms with Crippen molar-refractivity contribution >= 4 is 15.9 Å². The lowest BCUT2D eigenvalue weighted by Crippen LogP contribution is -2.31. The van der Waals surface area contributed by atoms with Gasteiger partial charge in [0.1, 0.15) is 11.3 Å². The monoisotopic (exact) mass is 323 g/mol. The molecule has 0 radical (unpaired) electrons. The highest BCUT2D eigenvalue weighted by Crippen LogP contribution is 2.30. The predicted octanol–water partition coefficient (Wildman–Crippen LogP) is 1.06. The van der Waals surface area contributed by atoms with Gasteiger partial charge in [-0.2, -0.15) is 15.4 Å². The number of nitrogens with one attached hydrogen (secondary N) is 1. The van der Waals surface area contributed by atoms with Gasteiger partial charge in [0.15, 0.2) is 0 Å². The zero-order chi connectivity index (χ0) is 13.3. The number of hydrogen-bond donors (Lipinski definition) is 2. The van der Waals surface area contributed by atoms with Gasteiger partial charge in [0.25, 0.3) is 0 Å². The van der Waals surface area contributed by atoms with Gasteiger partial charge < -0.3 is 5.11 Å². The molecule has 19 heavy (non-hydrogen) atoms. The summed E-state index contributed by atoms with van der Waals surface area (Å²) in [4.78, 5) is 6.34. The van der Waals surface area contributed by atoms with Crippen LogP contribution in [0.25, 0.3) is 0 Å². The van der Waals surface area contributed by atoms with E-state index in [1.165, 1.54) is 0 Å². The van der Waals surface area contributed by atoms with Crippen molar-refractivity contribution in [1.29, 1.82) is 0 Å². The van der Waals surface area contributed by atoms with Crippen molar-refractivity contribution < 1.29 is 5.11 Å². The molecule has 0 amide bonds. The Hall–Kier alpha value is -1.31. The van der Waals surface area contributed by atoms with E-state index in [4.69, 9.17) is 0 Å². The Kier molecular flexibility index (Phi) is 3.34. The highest BCUT2D eigenvalue weighted by atomic mass is 79.9. The number of rotatable bonds is 3. The number of likely N-dealkylation sites (tertiary alicyclic amines) is 1. The molecule has 0 aromatic carbocycles. The quantitative estimate of drug-likeness (QED) is 0.883. The van der Waals surface area contributed by atoms with Crippen molar-refractivity contribution in [2.45, 2.75) is 18.6 Å². The molecule has 0 spiro atoms. The Morgan fingerprint density at radius 1 is 1.42 bits per heavy atom. The van der Waals surface area contributed by atoms with Crippen molar-refractivity contribution in [2.24, 2.45) is 0 Å². The number of aromatic nitrogens is 4. The molecular weight excluding hydrogens is 310 g/mol. The van der Waals surface area contributed by atoms with Crippen LogP contribution in [-0.4, -0.2) is 43.5 Å². The fraction of sp³-hybridized carbons (Fsp3) is 0.417. The third kappa shape index (κ3) is 2.68. The van der Waals surface area contributed by atoms with Crippen LogP contribution in [0.4, 0.5) is 0 Å². The molecule has 6 nitrogen and oxygen atoms in total. The second-order valence-corrected chi connectivity index (χ2v) is 5.77. The molecule has 1 aliphatic heterocycles. The number of hydrogen-bond acceptors (Lipinski definition) is 5. The van der Waals surface area contributed by atoms with E-state index in [2.05, 4.69) is 41.2 Å². The van der Waals surface area contributed by atoms with Gasteiger partial charge in [0.05, 0.1) is 6.20 Å². The Bertz CT molecular complexity index is 561. The summed E-state index contributed by atoms with van der Waals surface area (Å²) in [5.41, 5.74) is 0.841. The number of H-pyrrole nitrogens is 1. The minimum Gasteiger partial charge on any atom is -0.382 e. The van der Waals surface area contributed by atoms with Gasteiger partial charge in [-0.3, -0.25) is 9.88 Å². The lowest BCUT2D eigenvalue weighted by molar-refractivity contribution is 0.0408.